The third-order valence-corrected chi connectivity index (χ3v) is 3.70. The minimum Gasteiger partial charge on any atom is -0.497 e. The predicted molar refractivity (Wildman–Crippen MR) is 91.3 cm³/mol. The molecule has 0 unspecified atom stereocenters. The van der Waals surface area contributed by atoms with Gasteiger partial charge in [0, 0.05) is 16.1 Å². The molecule has 0 aliphatic heterocycles. The number of anilines is 1. The van der Waals surface area contributed by atoms with Gasteiger partial charge in [0.1, 0.15) is 17.3 Å². The first kappa shape index (κ1) is 17.0. The molecule has 0 saturated carbocycles. The van der Waals surface area contributed by atoms with Crippen molar-refractivity contribution in [2.24, 2.45) is 0 Å². The van der Waals surface area contributed by atoms with Crippen LogP contribution in [0.15, 0.2) is 46.9 Å². The Bertz CT molecular complexity index is 747. The fourth-order valence-electron chi connectivity index (χ4n) is 1.90. The minimum absolute atomic E-state index is 0.345. The molecule has 2 aromatic carbocycles. The van der Waals surface area contributed by atoms with Gasteiger partial charge in [-0.25, -0.2) is 4.39 Å². The Morgan fingerprint density at radius 2 is 1.96 bits per heavy atom. The first-order chi connectivity index (χ1) is 11.0. The van der Waals surface area contributed by atoms with Gasteiger partial charge in [0.15, 0.2) is 0 Å². The zero-order valence-electron chi connectivity index (χ0n) is 12.6. The maximum atomic E-state index is 13.0. The Morgan fingerprint density at radius 1 is 1.17 bits per heavy atom. The number of carbonyl (C=O) groups excluding carboxylic acids is 1. The number of methoxy groups -OCH3 is 2. The van der Waals surface area contributed by atoms with E-state index < -0.39 is 0 Å². The van der Waals surface area contributed by atoms with Crippen LogP contribution in [0.5, 0.6) is 11.5 Å². The second kappa shape index (κ2) is 7.78. The van der Waals surface area contributed by atoms with Crippen LogP contribution in [0, 0.1) is 5.82 Å². The molecular formula is C17H15BrFNO3. The van der Waals surface area contributed by atoms with Crippen LogP contribution in [0.25, 0.3) is 6.08 Å². The molecule has 2 rings (SSSR count). The summed E-state index contributed by atoms with van der Waals surface area (Å²) in [5.74, 6) is 0.554. The third kappa shape index (κ3) is 4.56. The van der Waals surface area contributed by atoms with Gasteiger partial charge in [-0.05, 0) is 58.4 Å². The molecule has 0 bridgehead atoms. The van der Waals surface area contributed by atoms with Crippen LogP contribution in [0.4, 0.5) is 10.1 Å². The van der Waals surface area contributed by atoms with E-state index in [2.05, 4.69) is 21.2 Å². The minimum atomic E-state index is -0.383. The highest BCUT2D eigenvalue weighted by molar-refractivity contribution is 9.10. The normalized spacial score (nSPS) is 10.6. The fraction of sp³-hybridized carbons (Fsp3) is 0.118. The van der Waals surface area contributed by atoms with Crippen molar-refractivity contribution in [1.82, 2.24) is 0 Å². The lowest BCUT2D eigenvalue weighted by Gasteiger charge is -2.07. The molecule has 2 aromatic rings. The highest BCUT2D eigenvalue weighted by Crippen LogP contribution is 2.26. The van der Waals surface area contributed by atoms with Crippen molar-refractivity contribution in [2.75, 3.05) is 19.5 Å². The summed E-state index contributed by atoms with van der Waals surface area (Å²) in [4.78, 5) is 12.0. The van der Waals surface area contributed by atoms with E-state index in [0.717, 1.165) is 0 Å². The predicted octanol–water partition coefficient (Wildman–Crippen LogP) is 4.26. The van der Waals surface area contributed by atoms with Gasteiger partial charge < -0.3 is 14.8 Å². The lowest BCUT2D eigenvalue weighted by molar-refractivity contribution is -0.111. The molecule has 0 spiro atoms. The number of halogens is 2. The Morgan fingerprint density at radius 3 is 2.61 bits per heavy atom. The van der Waals surface area contributed by atoms with E-state index in [0.29, 0.717) is 27.2 Å². The van der Waals surface area contributed by atoms with Gasteiger partial charge in [-0.3, -0.25) is 4.79 Å². The van der Waals surface area contributed by atoms with Crippen LogP contribution >= 0.6 is 15.9 Å². The largest absolute Gasteiger partial charge is 0.497 e. The van der Waals surface area contributed by atoms with Gasteiger partial charge >= 0.3 is 0 Å². The molecule has 1 amide bonds. The summed E-state index contributed by atoms with van der Waals surface area (Å²) in [6.45, 7) is 0. The smallest absolute Gasteiger partial charge is 0.248 e. The van der Waals surface area contributed by atoms with Crippen LogP contribution in [0.2, 0.25) is 0 Å². The van der Waals surface area contributed by atoms with Crippen LogP contribution in [-0.4, -0.2) is 20.1 Å². The van der Waals surface area contributed by atoms with Crippen LogP contribution < -0.4 is 14.8 Å². The summed E-state index contributed by atoms with van der Waals surface area (Å²) in [5, 5.41) is 2.66. The molecule has 1 N–H and O–H groups in total. The van der Waals surface area contributed by atoms with E-state index in [1.165, 1.54) is 24.3 Å². The summed E-state index contributed by atoms with van der Waals surface area (Å²) in [5.41, 5.74) is 1.19. The lowest BCUT2D eigenvalue weighted by Crippen LogP contribution is -2.08. The van der Waals surface area contributed by atoms with E-state index in [-0.39, 0.29) is 11.7 Å². The Hall–Kier alpha value is -2.34. The molecule has 4 nitrogen and oxygen atoms in total. The summed E-state index contributed by atoms with van der Waals surface area (Å²) in [6, 6.07) is 9.33. The molecule has 120 valence electrons. The molecule has 0 fully saturated rings. The van der Waals surface area contributed by atoms with Crippen molar-refractivity contribution in [2.45, 2.75) is 0 Å². The van der Waals surface area contributed by atoms with Gasteiger partial charge in [-0.15, -0.1) is 0 Å². The monoisotopic (exact) mass is 379 g/mol. The SMILES string of the molecule is COc1ccc(OC)c(/C=C/C(=O)Nc2ccc(F)cc2Br)c1. The molecule has 0 aromatic heterocycles. The number of amides is 1. The van der Waals surface area contributed by atoms with Gasteiger partial charge in [-0.1, -0.05) is 0 Å². The second-order valence-electron chi connectivity index (χ2n) is 4.55. The fourth-order valence-corrected chi connectivity index (χ4v) is 2.35. The average molecular weight is 380 g/mol. The lowest BCUT2D eigenvalue weighted by atomic mass is 10.1. The van der Waals surface area contributed by atoms with Crippen molar-refractivity contribution < 1.29 is 18.7 Å². The Balaban J connectivity index is 2.14. The molecular weight excluding hydrogens is 365 g/mol. The highest BCUT2D eigenvalue weighted by atomic mass is 79.9. The molecule has 23 heavy (non-hydrogen) atoms. The zero-order valence-corrected chi connectivity index (χ0v) is 14.2. The molecule has 0 saturated heterocycles. The topological polar surface area (TPSA) is 47.6 Å². The molecule has 6 heteroatoms. The standard InChI is InChI=1S/C17H15BrFNO3/c1-22-13-5-7-16(23-2)11(9-13)3-8-17(21)20-15-6-4-12(19)10-14(15)18/h3-10H,1-2H3,(H,20,21)/b8-3+. The second-order valence-corrected chi connectivity index (χ2v) is 5.41. The number of benzene rings is 2. The van der Waals surface area contributed by atoms with Gasteiger partial charge in [0.05, 0.1) is 19.9 Å². The van der Waals surface area contributed by atoms with Gasteiger partial charge in [0.25, 0.3) is 0 Å². The van der Waals surface area contributed by atoms with Crippen molar-refractivity contribution >= 4 is 33.6 Å². The first-order valence-electron chi connectivity index (χ1n) is 6.69. The maximum absolute atomic E-state index is 13.0. The highest BCUT2D eigenvalue weighted by Gasteiger charge is 2.06. The number of hydrogen-bond acceptors (Lipinski definition) is 3. The maximum Gasteiger partial charge on any atom is 0.248 e. The summed E-state index contributed by atoms with van der Waals surface area (Å²) < 4.78 is 23.9. The molecule has 0 aliphatic carbocycles. The van der Waals surface area contributed by atoms with Crippen molar-refractivity contribution in [3.05, 3.63) is 58.3 Å². The Kier molecular flexibility index (Phi) is 5.76. The van der Waals surface area contributed by atoms with Crippen molar-refractivity contribution in [3.8, 4) is 11.5 Å². The summed E-state index contributed by atoms with van der Waals surface area (Å²) >= 11 is 3.20. The zero-order chi connectivity index (χ0) is 16.8. The number of carbonyl (C=O) groups is 1. The molecule has 0 heterocycles. The van der Waals surface area contributed by atoms with E-state index in [1.807, 2.05) is 0 Å². The van der Waals surface area contributed by atoms with Crippen LogP contribution in [0.1, 0.15) is 5.56 Å². The first-order valence-corrected chi connectivity index (χ1v) is 7.49. The number of rotatable bonds is 5. The van der Waals surface area contributed by atoms with Crippen LogP contribution in [0.3, 0.4) is 0 Å². The van der Waals surface area contributed by atoms with Gasteiger partial charge in [-0.2, -0.15) is 0 Å². The summed E-state index contributed by atoms with van der Waals surface area (Å²) in [7, 11) is 3.11. The van der Waals surface area contributed by atoms with E-state index in [9.17, 15) is 9.18 Å². The number of nitrogens with one attached hydrogen (secondary N) is 1. The molecule has 0 radical (unpaired) electrons. The molecule has 0 aliphatic rings. The number of ether oxygens (including phenoxy) is 2. The van der Waals surface area contributed by atoms with E-state index in [4.69, 9.17) is 9.47 Å². The summed E-state index contributed by atoms with van der Waals surface area (Å²) in [6.07, 6.45) is 2.99. The molecule has 0 atom stereocenters. The van der Waals surface area contributed by atoms with Crippen LogP contribution in [-0.2, 0) is 4.79 Å². The van der Waals surface area contributed by atoms with Gasteiger partial charge in [0.2, 0.25) is 5.91 Å². The van der Waals surface area contributed by atoms with Crippen molar-refractivity contribution in [1.29, 1.82) is 0 Å². The van der Waals surface area contributed by atoms with E-state index >= 15 is 0 Å². The third-order valence-electron chi connectivity index (χ3n) is 3.04. The average Bonchev–Trinajstić information content (AvgIpc) is 2.55. The number of hydrogen-bond donors (Lipinski definition) is 1. The van der Waals surface area contributed by atoms with E-state index in [1.54, 1.807) is 38.5 Å². The Labute approximate surface area is 142 Å². The quantitative estimate of drug-likeness (QED) is 0.789. The van der Waals surface area contributed by atoms with Crippen molar-refractivity contribution in [3.63, 3.8) is 0 Å².